The second kappa shape index (κ2) is 4.84. The van der Waals surface area contributed by atoms with Crippen LogP contribution in [0.15, 0.2) is 12.1 Å². The number of nitrogens with two attached hydrogens (primary N) is 2. The monoisotopic (exact) mass is 256 g/mol. The van der Waals surface area contributed by atoms with Gasteiger partial charge >= 0.3 is 0 Å². The van der Waals surface area contributed by atoms with Crippen LogP contribution in [0.2, 0.25) is 5.02 Å². The minimum atomic E-state index is -0.610. The van der Waals surface area contributed by atoms with E-state index in [1.54, 1.807) is 0 Å². The van der Waals surface area contributed by atoms with Crippen LogP contribution in [0.5, 0.6) is 5.75 Å². The second-order valence-corrected chi connectivity index (χ2v) is 4.87. The third kappa shape index (κ3) is 3.27. The highest BCUT2D eigenvalue weighted by Gasteiger charge is 2.23. The Kier molecular flexibility index (Phi) is 3.88. The predicted octanol–water partition coefficient (Wildman–Crippen LogP) is 2.59. The van der Waals surface area contributed by atoms with Crippen LogP contribution in [0.4, 0.5) is 5.69 Å². The molecule has 1 amide bonds. The van der Waals surface area contributed by atoms with E-state index >= 15 is 0 Å². The van der Waals surface area contributed by atoms with Crippen molar-refractivity contribution in [2.24, 2.45) is 5.73 Å². The summed E-state index contributed by atoms with van der Waals surface area (Å²) in [6.45, 7) is 5.80. The van der Waals surface area contributed by atoms with Crippen LogP contribution < -0.4 is 16.2 Å². The third-order valence-electron chi connectivity index (χ3n) is 2.56. The average Bonchev–Trinajstić information content (AvgIpc) is 2.21. The van der Waals surface area contributed by atoms with Crippen molar-refractivity contribution in [3.63, 3.8) is 0 Å². The van der Waals surface area contributed by atoms with E-state index in [2.05, 4.69) is 0 Å². The Morgan fingerprint density at radius 1 is 1.47 bits per heavy atom. The first-order chi connectivity index (χ1) is 7.76. The maximum atomic E-state index is 11.3. The molecular formula is C12H17ClN2O2. The van der Waals surface area contributed by atoms with Crippen LogP contribution in [0.3, 0.4) is 0 Å². The van der Waals surface area contributed by atoms with Crippen molar-refractivity contribution in [3.05, 3.63) is 22.7 Å². The predicted molar refractivity (Wildman–Crippen MR) is 69.4 cm³/mol. The highest BCUT2D eigenvalue weighted by Crippen LogP contribution is 2.34. The minimum Gasteiger partial charge on any atom is -0.485 e. The summed E-state index contributed by atoms with van der Waals surface area (Å²) >= 11 is 6.03. The van der Waals surface area contributed by atoms with Gasteiger partial charge in [-0.1, -0.05) is 18.5 Å². The number of primary amides is 1. The summed E-state index contributed by atoms with van der Waals surface area (Å²) in [6, 6.07) is 3.00. The Balaban J connectivity index is 3.26. The minimum absolute atomic E-state index is 0.205. The molecule has 0 aromatic heterocycles. The number of anilines is 1. The van der Waals surface area contributed by atoms with Crippen LogP contribution in [0.25, 0.3) is 0 Å². The number of ether oxygens (including phenoxy) is 1. The second-order valence-electron chi connectivity index (χ2n) is 4.46. The van der Waals surface area contributed by atoms with Crippen LogP contribution in [-0.4, -0.2) is 11.5 Å². The summed E-state index contributed by atoms with van der Waals surface area (Å²) in [4.78, 5) is 11.3. The molecule has 0 fully saturated rings. The van der Waals surface area contributed by atoms with E-state index in [0.717, 1.165) is 6.42 Å². The van der Waals surface area contributed by atoms with E-state index in [9.17, 15) is 4.79 Å². The van der Waals surface area contributed by atoms with E-state index in [-0.39, 0.29) is 5.56 Å². The molecule has 0 atom stereocenters. The fourth-order valence-corrected chi connectivity index (χ4v) is 1.52. The number of benzene rings is 1. The van der Waals surface area contributed by atoms with Crippen molar-refractivity contribution in [3.8, 4) is 5.75 Å². The lowest BCUT2D eigenvalue weighted by atomic mass is 10.1. The number of halogens is 1. The number of nitrogen functional groups attached to an aromatic ring is 1. The summed E-state index contributed by atoms with van der Waals surface area (Å²) in [5.74, 6) is -0.318. The van der Waals surface area contributed by atoms with Gasteiger partial charge in [0.15, 0.2) is 5.75 Å². The quantitative estimate of drug-likeness (QED) is 0.813. The molecule has 0 aliphatic carbocycles. The molecule has 1 aromatic carbocycles. The Bertz CT molecular complexity index is 444. The lowest BCUT2D eigenvalue weighted by Gasteiger charge is -2.26. The fourth-order valence-electron chi connectivity index (χ4n) is 1.25. The maximum Gasteiger partial charge on any atom is 0.252 e. The molecule has 0 spiro atoms. The van der Waals surface area contributed by atoms with Gasteiger partial charge < -0.3 is 16.2 Å². The molecule has 0 aliphatic rings. The van der Waals surface area contributed by atoms with E-state index in [1.807, 2.05) is 20.8 Å². The molecule has 0 aliphatic heterocycles. The van der Waals surface area contributed by atoms with Gasteiger partial charge in [-0.15, -0.1) is 0 Å². The van der Waals surface area contributed by atoms with Crippen LogP contribution in [0.1, 0.15) is 37.6 Å². The summed E-state index contributed by atoms with van der Waals surface area (Å²) in [5.41, 5.74) is 11.1. The zero-order valence-electron chi connectivity index (χ0n) is 10.2. The molecule has 0 heterocycles. The van der Waals surface area contributed by atoms with Crippen LogP contribution in [-0.2, 0) is 0 Å². The Labute approximate surface area is 106 Å². The van der Waals surface area contributed by atoms with Gasteiger partial charge in [-0.2, -0.15) is 0 Å². The van der Waals surface area contributed by atoms with E-state index in [1.165, 1.54) is 12.1 Å². The van der Waals surface area contributed by atoms with Gasteiger partial charge in [0.05, 0.1) is 10.6 Å². The molecule has 0 bridgehead atoms. The van der Waals surface area contributed by atoms with E-state index in [0.29, 0.717) is 16.5 Å². The molecular weight excluding hydrogens is 240 g/mol. The van der Waals surface area contributed by atoms with Gasteiger partial charge in [-0.25, -0.2) is 0 Å². The van der Waals surface area contributed by atoms with Gasteiger partial charge in [0, 0.05) is 5.69 Å². The van der Waals surface area contributed by atoms with E-state index in [4.69, 9.17) is 27.8 Å². The van der Waals surface area contributed by atoms with Gasteiger partial charge in [0.25, 0.3) is 5.91 Å². The smallest absolute Gasteiger partial charge is 0.252 e. The number of hydrogen-bond acceptors (Lipinski definition) is 3. The van der Waals surface area contributed by atoms with Gasteiger partial charge in [-0.3, -0.25) is 4.79 Å². The first-order valence-corrected chi connectivity index (χ1v) is 5.72. The zero-order chi connectivity index (χ0) is 13.2. The van der Waals surface area contributed by atoms with Crippen molar-refractivity contribution < 1.29 is 9.53 Å². The Hall–Kier alpha value is -1.42. The SMILES string of the molecule is CCC(C)(C)Oc1c(Cl)cc(N)cc1C(N)=O. The maximum absolute atomic E-state index is 11.3. The lowest BCUT2D eigenvalue weighted by molar-refractivity contribution is 0.0938. The van der Waals surface area contributed by atoms with Crippen molar-refractivity contribution >= 4 is 23.2 Å². The molecule has 0 radical (unpaired) electrons. The van der Waals surface area contributed by atoms with E-state index < -0.39 is 11.5 Å². The molecule has 94 valence electrons. The van der Waals surface area contributed by atoms with Gasteiger partial charge in [0.1, 0.15) is 5.60 Å². The number of carbonyl (C=O) groups excluding carboxylic acids is 1. The standard InChI is InChI=1S/C12H17ClN2O2/c1-4-12(2,3)17-10-8(11(15)16)5-7(14)6-9(10)13/h5-6H,4,14H2,1-3H3,(H2,15,16). The van der Waals surface area contributed by atoms with Crippen molar-refractivity contribution in [1.29, 1.82) is 0 Å². The molecule has 0 saturated heterocycles. The molecule has 0 saturated carbocycles. The van der Waals surface area contributed by atoms with Gasteiger partial charge in [-0.05, 0) is 32.4 Å². The molecule has 1 aromatic rings. The molecule has 1 rings (SSSR count). The van der Waals surface area contributed by atoms with Crippen LogP contribution in [0, 0.1) is 0 Å². The van der Waals surface area contributed by atoms with Crippen molar-refractivity contribution in [2.75, 3.05) is 5.73 Å². The number of hydrogen-bond donors (Lipinski definition) is 2. The highest BCUT2D eigenvalue weighted by molar-refractivity contribution is 6.33. The lowest BCUT2D eigenvalue weighted by Crippen LogP contribution is -2.28. The molecule has 5 heteroatoms. The largest absolute Gasteiger partial charge is 0.485 e. The number of rotatable bonds is 4. The molecule has 4 nitrogen and oxygen atoms in total. The molecule has 17 heavy (non-hydrogen) atoms. The first kappa shape index (κ1) is 13.6. The third-order valence-corrected chi connectivity index (χ3v) is 2.84. The summed E-state index contributed by atoms with van der Waals surface area (Å²) in [5, 5.41) is 0.292. The van der Waals surface area contributed by atoms with Gasteiger partial charge in [0.2, 0.25) is 0 Å². The first-order valence-electron chi connectivity index (χ1n) is 5.34. The molecule has 0 unspecified atom stereocenters. The molecule has 4 N–H and O–H groups in total. The normalized spacial score (nSPS) is 11.3. The highest BCUT2D eigenvalue weighted by atomic mass is 35.5. The summed E-state index contributed by atoms with van der Waals surface area (Å²) < 4.78 is 5.74. The summed E-state index contributed by atoms with van der Waals surface area (Å²) in [6.07, 6.45) is 0.770. The van der Waals surface area contributed by atoms with Crippen molar-refractivity contribution in [2.45, 2.75) is 32.8 Å². The van der Waals surface area contributed by atoms with Crippen LogP contribution >= 0.6 is 11.6 Å². The average molecular weight is 257 g/mol. The summed E-state index contributed by atoms with van der Waals surface area (Å²) in [7, 11) is 0. The van der Waals surface area contributed by atoms with Crippen molar-refractivity contribution in [1.82, 2.24) is 0 Å². The number of carbonyl (C=O) groups is 1. The number of amides is 1. The Morgan fingerprint density at radius 2 is 2.06 bits per heavy atom. The fraction of sp³-hybridized carbons (Fsp3) is 0.417. The zero-order valence-corrected chi connectivity index (χ0v) is 11.0. The Morgan fingerprint density at radius 3 is 2.53 bits per heavy atom. The topological polar surface area (TPSA) is 78.3 Å².